The molecule has 0 spiro atoms. The molecule has 1 heterocycles. The highest BCUT2D eigenvalue weighted by Gasteiger charge is 2.22. The van der Waals surface area contributed by atoms with Gasteiger partial charge in [-0.25, -0.2) is 4.98 Å². The molecule has 4 nitrogen and oxygen atoms in total. The summed E-state index contributed by atoms with van der Waals surface area (Å²) >= 11 is 6.06. The number of nitrogens with zero attached hydrogens (tertiary/aromatic N) is 1. The van der Waals surface area contributed by atoms with Gasteiger partial charge in [0.1, 0.15) is 5.76 Å². The van der Waals surface area contributed by atoms with Crippen molar-refractivity contribution in [1.82, 2.24) is 4.98 Å². The average Bonchev–Trinajstić information content (AvgIpc) is 2.82. The Labute approximate surface area is 142 Å². The predicted molar refractivity (Wildman–Crippen MR) is 93.1 cm³/mol. The minimum Gasteiger partial charge on any atom is -0.445 e. The molecule has 2 aromatic rings. The van der Waals surface area contributed by atoms with Crippen molar-refractivity contribution in [2.24, 2.45) is 0 Å². The third-order valence-electron chi connectivity index (χ3n) is 3.57. The lowest BCUT2D eigenvalue weighted by atomic mass is 9.97. The van der Waals surface area contributed by atoms with Crippen molar-refractivity contribution in [3.63, 3.8) is 0 Å². The second-order valence-electron chi connectivity index (χ2n) is 6.79. The Bertz CT molecular complexity index is 714. The fraction of sp³-hybridized carbons (Fsp3) is 0.444. The van der Waals surface area contributed by atoms with Crippen LogP contribution in [0.5, 0.6) is 0 Å². The number of anilines is 1. The molecule has 0 aliphatic rings. The molecule has 0 fully saturated rings. The van der Waals surface area contributed by atoms with Gasteiger partial charge < -0.3 is 9.73 Å². The minimum absolute atomic E-state index is 0.0713. The van der Waals surface area contributed by atoms with Crippen LogP contribution in [0, 0.1) is 13.8 Å². The van der Waals surface area contributed by atoms with Crippen LogP contribution >= 0.6 is 11.6 Å². The number of aromatic nitrogens is 1. The average molecular weight is 335 g/mol. The molecule has 5 heteroatoms. The molecule has 0 atom stereocenters. The summed E-state index contributed by atoms with van der Waals surface area (Å²) in [5, 5.41) is 3.49. The van der Waals surface area contributed by atoms with E-state index in [0.717, 1.165) is 17.0 Å². The summed E-state index contributed by atoms with van der Waals surface area (Å²) in [5.41, 5.74) is 2.40. The van der Waals surface area contributed by atoms with Gasteiger partial charge in [-0.15, -0.1) is 0 Å². The maximum Gasteiger partial charge on any atom is 0.224 e. The van der Waals surface area contributed by atoms with E-state index in [0.29, 0.717) is 29.4 Å². The Morgan fingerprint density at radius 3 is 2.57 bits per heavy atom. The molecule has 0 aliphatic heterocycles. The van der Waals surface area contributed by atoms with Crippen molar-refractivity contribution in [3.05, 3.63) is 46.1 Å². The topological polar surface area (TPSA) is 55.1 Å². The molecule has 0 radical (unpaired) electrons. The summed E-state index contributed by atoms with van der Waals surface area (Å²) in [6, 6.07) is 5.48. The highest BCUT2D eigenvalue weighted by atomic mass is 35.5. The van der Waals surface area contributed by atoms with E-state index in [1.807, 2.05) is 26.0 Å². The van der Waals surface area contributed by atoms with Crippen molar-refractivity contribution in [3.8, 4) is 0 Å². The fourth-order valence-corrected chi connectivity index (χ4v) is 2.28. The Balaban J connectivity index is 1.96. The van der Waals surface area contributed by atoms with Crippen molar-refractivity contribution >= 4 is 23.2 Å². The van der Waals surface area contributed by atoms with Crippen LogP contribution in [0.15, 0.2) is 22.6 Å². The lowest BCUT2D eigenvalue weighted by molar-refractivity contribution is -0.116. The molecule has 1 aromatic carbocycles. The highest BCUT2D eigenvalue weighted by Crippen LogP contribution is 2.25. The van der Waals surface area contributed by atoms with Crippen LogP contribution in [0.25, 0.3) is 0 Å². The maximum absolute atomic E-state index is 12.1. The van der Waals surface area contributed by atoms with Gasteiger partial charge in [-0.2, -0.15) is 0 Å². The third kappa shape index (κ3) is 4.58. The number of carbonyl (C=O) groups is 1. The van der Waals surface area contributed by atoms with Crippen molar-refractivity contribution < 1.29 is 9.21 Å². The van der Waals surface area contributed by atoms with Gasteiger partial charge in [-0.3, -0.25) is 4.79 Å². The van der Waals surface area contributed by atoms with Crippen LogP contribution in [0.3, 0.4) is 0 Å². The van der Waals surface area contributed by atoms with Crippen LogP contribution in [0.1, 0.15) is 50.1 Å². The Morgan fingerprint density at radius 1 is 1.30 bits per heavy atom. The molecule has 0 unspecified atom stereocenters. The van der Waals surface area contributed by atoms with Gasteiger partial charge in [0, 0.05) is 29.0 Å². The van der Waals surface area contributed by atoms with Crippen molar-refractivity contribution in [2.45, 2.75) is 52.9 Å². The first-order chi connectivity index (χ1) is 10.7. The lowest BCUT2D eigenvalue weighted by Crippen LogP contribution is -2.12. The molecule has 1 N–H and O–H groups in total. The third-order valence-corrected chi connectivity index (χ3v) is 3.98. The quantitative estimate of drug-likeness (QED) is 0.872. The normalized spacial score (nSPS) is 11.6. The highest BCUT2D eigenvalue weighted by molar-refractivity contribution is 6.31. The van der Waals surface area contributed by atoms with E-state index in [2.05, 4.69) is 31.1 Å². The first-order valence-corrected chi connectivity index (χ1v) is 8.07. The van der Waals surface area contributed by atoms with E-state index in [1.54, 1.807) is 6.07 Å². The molecule has 1 aromatic heterocycles. The van der Waals surface area contributed by atoms with E-state index in [9.17, 15) is 4.79 Å². The van der Waals surface area contributed by atoms with Crippen LogP contribution in [-0.4, -0.2) is 10.9 Å². The number of aryl methyl sites for hydroxylation is 3. The molecule has 1 amide bonds. The second-order valence-corrected chi connectivity index (χ2v) is 7.20. The number of amides is 1. The summed E-state index contributed by atoms with van der Waals surface area (Å²) < 4.78 is 5.80. The number of oxazole rings is 1. The van der Waals surface area contributed by atoms with Gasteiger partial charge in [0.05, 0.1) is 5.69 Å². The Kier molecular flexibility index (Phi) is 5.15. The van der Waals surface area contributed by atoms with E-state index >= 15 is 0 Å². The number of rotatable bonds is 4. The van der Waals surface area contributed by atoms with Gasteiger partial charge >= 0.3 is 0 Å². The summed E-state index contributed by atoms with van der Waals surface area (Å²) in [6.45, 7) is 9.99. The molecule has 0 bridgehead atoms. The SMILES string of the molecule is Cc1ccc(NC(=O)CCc2oc(C(C)(C)C)nc2C)cc1Cl. The van der Waals surface area contributed by atoms with Gasteiger partial charge in [-0.1, -0.05) is 38.4 Å². The molecular weight excluding hydrogens is 312 g/mol. The van der Waals surface area contributed by atoms with E-state index in [1.165, 1.54) is 0 Å². The maximum atomic E-state index is 12.1. The van der Waals surface area contributed by atoms with Crippen LogP contribution in [0.2, 0.25) is 5.02 Å². The molecule has 2 rings (SSSR count). The predicted octanol–water partition coefficient (Wildman–Crippen LogP) is 4.81. The number of hydrogen-bond acceptors (Lipinski definition) is 3. The molecule has 23 heavy (non-hydrogen) atoms. The molecule has 0 aliphatic carbocycles. The van der Waals surface area contributed by atoms with Gasteiger partial charge in [-0.05, 0) is 31.5 Å². The number of carbonyl (C=O) groups excluding carboxylic acids is 1. The zero-order valence-corrected chi connectivity index (χ0v) is 15.0. The lowest BCUT2D eigenvalue weighted by Gasteiger charge is -2.12. The number of hydrogen-bond donors (Lipinski definition) is 1. The monoisotopic (exact) mass is 334 g/mol. The fourth-order valence-electron chi connectivity index (χ4n) is 2.10. The molecule has 124 valence electrons. The zero-order valence-electron chi connectivity index (χ0n) is 14.3. The largest absolute Gasteiger partial charge is 0.445 e. The van der Waals surface area contributed by atoms with E-state index < -0.39 is 0 Å². The second kappa shape index (κ2) is 6.75. The molecule has 0 saturated carbocycles. The summed E-state index contributed by atoms with van der Waals surface area (Å²) in [6.07, 6.45) is 0.867. The standard InChI is InChI=1S/C18H23ClN2O2/c1-11-6-7-13(10-14(11)19)21-16(22)9-8-15-12(2)20-17(23-15)18(3,4)5/h6-7,10H,8-9H2,1-5H3,(H,21,22). The van der Waals surface area contributed by atoms with Crippen LogP contribution < -0.4 is 5.32 Å². The summed E-state index contributed by atoms with van der Waals surface area (Å²) in [5.74, 6) is 1.40. The van der Waals surface area contributed by atoms with Crippen LogP contribution in [-0.2, 0) is 16.6 Å². The van der Waals surface area contributed by atoms with E-state index in [-0.39, 0.29) is 11.3 Å². The van der Waals surface area contributed by atoms with Gasteiger partial charge in [0.25, 0.3) is 0 Å². The van der Waals surface area contributed by atoms with Gasteiger partial charge in [0.2, 0.25) is 5.91 Å². The Morgan fingerprint density at radius 2 is 2.00 bits per heavy atom. The zero-order chi connectivity index (χ0) is 17.2. The number of nitrogens with one attached hydrogen (secondary N) is 1. The minimum atomic E-state index is -0.135. The first-order valence-electron chi connectivity index (χ1n) is 7.69. The van der Waals surface area contributed by atoms with Gasteiger partial charge in [0.15, 0.2) is 5.89 Å². The Hall–Kier alpha value is -1.81. The van der Waals surface area contributed by atoms with Crippen molar-refractivity contribution in [2.75, 3.05) is 5.32 Å². The number of halogens is 1. The summed E-state index contributed by atoms with van der Waals surface area (Å²) in [7, 11) is 0. The van der Waals surface area contributed by atoms with Crippen molar-refractivity contribution in [1.29, 1.82) is 0 Å². The molecular formula is C18H23ClN2O2. The van der Waals surface area contributed by atoms with E-state index in [4.69, 9.17) is 16.0 Å². The smallest absolute Gasteiger partial charge is 0.224 e. The summed E-state index contributed by atoms with van der Waals surface area (Å²) in [4.78, 5) is 16.5. The first kappa shape index (κ1) is 17.5. The van der Waals surface area contributed by atoms with Crippen LogP contribution in [0.4, 0.5) is 5.69 Å². The molecule has 0 saturated heterocycles. The number of benzene rings is 1.